The average molecular weight is 224 g/mol. The van der Waals surface area contributed by atoms with Crippen LogP contribution in [-0.2, 0) is 6.42 Å². The normalized spacial score (nSPS) is 10.8. The van der Waals surface area contributed by atoms with Gasteiger partial charge in [0.2, 0.25) is 0 Å². The van der Waals surface area contributed by atoms with Crippen LogP contribution in [0.3, 0.4) is 0 Å². The molecule has 0 aliphatic carbocycles. The first-order valence-electron chi connectivity index (χ1n) is 5.84. The van der Waals surface area contributed by atoms with Gasteiger partial charge in [0.1, 0.15) is 0 Å². The topological polar surface area (TPSA) is 20.2 Å². The summed E-state index contributed by atoms with van der Waals surface area (Å²) in [6, 6.07) is 18.9. The van der Waals surface area contributed by atoms with E-state index in [-0.39, 0.29) is 0 Å². The second-order valence-corrected chi connectivity index (χ2v) is 3.99. The number of aliphatic hydroxyl groups is 1. The number of benzene rings is 2. The van der Waals surface area contributed by atoms with Crippen LogP contribution in [0.5, 0.6) is 0 Å². The van der Waals surface area contributed by atoms with Gasteiger partial charge in [-0.3, -0.25) is 0 Å². The molecule has 0 aliphatic rings. The van der Waals surface area contributed by atoms with E-state index >= 15 is 0 Å². The zero-order chi connectivity index (χ0) is 11.9. The second-order valence-electron chi connectivity index (χ2n) is 3.99. The van der Waals surface area contributed by atoms with E-state index in [0.29, 0.717) is 0 Å². The fourth-order valence-corrected chi connectivity index (χ4v) is 1.82. The van der Waals surface area contributed by atoms with E-state index in [1.165, 1.54) is 16.7 Å². The summed E-state index contributed by atoms with van der Waals surface area (Å²) in [6.07, 6.45) is 4.72. The third-order valence-corrected chi connectivity index (χ3v) is 2.77. The number of allylic oxidation sites excluding steroid dienone is 1. The van der Waals surface area contributed by atoms with Gasteiger partial charge in [-0.05, 0) is 35.6 Å². The molecule has 0 aromatic heterocycles. The highest BCUT2D eigenvalue weighted by molar-refractivity contribution is 5.63. The summed E-state index contributed by atoms with van der Waals surface area (Å²) in [7, 11) is 0. The molecule has 0 heterocycles. The number of hydrogen-bond donors (Lipinski definition) is 1. The molecule has 0 spiro atoms. The van der Waals surface area contributed by atoms with Gasteiger partial charge in [-0.1, -0.05) is 54.6 Å². The molecule has 1 N–H and O–H groups in total. The minimum Gasteiger partial charge on any atom is -0.516 e. The van der Waals surface area contributed by atoms with Gasteiger partial charge in [-0.25, -0.2) is 0 Å². The Morgan fingerprint density at radius 1 is 0.824 bits per heavy atom. The van der Waals surface area contributed by atoms with Gasteiger partial charge in [0.15, 0.2) is 0 Å². The Bertz CT molecular complexity index is 469. The van der Waals surface area contributed by atoms with Gasteiger partial charge in [0.25, 0.3) is 0 Å². The lowest BCUT2D eigenvalue weighted by Gasteiger charge is -2.03. The summed E-state index contributed by atoms with van der Waals surface area (Å²) in [4.78, 5) is 0. The molecule has 0 aliphatic heterocycles. The lowest BCUT2D eigenvalue weighted by atomic mass is 10.0. The number of aryl methyl sites for hydroxylation is 1. The molecule has 0 bridgehead atoms. The maximum atomic E-state index is 8.56. The van der Waals surface area contributed by atoms with Gasteiger partial charge in [-0.15, -0.1) is 0 Å². The largest absolute Gasteiger partial charge is 0.516 e. The molecule has 0 fully saturated rings. The Morgan fingerprint density at radius 2 is 1.47 bits per heavy atom. The van der Waals surface area contributed by atoms with Crippen LogP contribution in [0, 0.1) is 0 Å². The minimum absolute atomic E-state index is 0.876. The van der Waals surface area contributed by atoms with Crippen LogP contribution in [0.1, 0.15) is 12.0 Å². The van der Waals surface area contributed by atoms with Gasteiger partial charge < -0.3 is 5.11 Å². The van der Waals surface area contributed by atoms with Crippen molar-refractivity contribution >= 4 is 0 Å². The molecule has 86 valence electrons. The number of aliphatic hydroxyl groups excluding tert-OH is 1. The number of hydrogen-bond acceptors (Lipinski definition) is 1. The van der Waals surface area contributed by atoms with Crippen LogP contribution in [0.15, 0.2) is 66.9 Å². The van der Waals surface area contributed by atoms with Crippen LogP contribution >= 0.6 is 0 Å². The van der Waals surface area contributed by atoms with Crippen molar-refractivity contribution < 1.29 is 5.11 Å². The van der Waals surface area contributed by atoms with Crippen molar-refractivity contribution in [3.05, 3.63) is 72.5 Å². The van der Waals surface area contributed by atoms with Gasteiger partial charge >= 0.3 is 0 Å². The summed E-state index contributed by atoms with van der Waals surface area (Å²) < 4.78 is 0. The highest BCUT2D eigenvalue weighted by atomic mass is 16.2. The molecule has 2 aromatic rings. The predicted octanol–water partition coefficient (Wildman–Crippen LogP) is 4.36. The van der Waals surface area contributed by atoms with Gasteiger partial charge in [0, 0.05) is 0 Å². The van der Waals surface area contributed by atoms with E-state index in [0.717, 1.165) is 19.1 Å². The molecule has 1 nitrogen and oxygen atoms in total. The predicted molar refractivity (Wildman–Crippen MR) is 72.0 cm³/mol. The summed E-state index contributed by atoms with van der Waals surface area (Å²) in [6.45, 7) is 0. The molecular weight excluding hydrogens is 208 g/mol. The van der Waals surface area contributed by atoms with Crippen LogP contribution in [-0.4, -0.2) is 5.11 Å². The van der Waals surface area contributed by atoms with Crippen molar-refractivity contribution in [3.8, 4) is 11.1 Å². The molecule has 2 aromatic carbocycles. The summed E-state index contributed by atoms with van der Waals surface area (Å²) in [5.41, 5.74) is 3.78. The van der Waals surface area contributed by atoms with E-state index < -0.39 is 0 Å². The first-order chi connectivity index (χ1) is 8.40. The summed E-state index contributed by atoms with van der Waals surface area (Å²) >= 11 is 0. The maximum absolute atomic E-state index is 8.56. The molecule has 0 amide bonds. The van der Waals surface area contributed by atoms with Gasteiger partial charge in [0.05, 0.1) is 6.26 Å². The Hall–Kier alpha value is -2.02. The quantitative estimate of drug-likeness (QED) is 0.765. The SMILES string of the molecule is OC=CCCc1ccc(-c2ccccc2)cc1. The molecule has 1 heteroatoms. The monoisotopic (exact) mass is 224 g/mol. The van der Waals surface area contributed by atoms with Crippen molar-refractivity contribution in [2.45, 2.75) is 12.8 Å². The Kier molecular flexibility index (Phi) is 3.98. The standard InChI is InChI=1S/C16H16O/c17-13-5-4-6-14-9-11-16(12-10-14)15-7-2-1-3-8-15/h1-3,5,7-13,17H,4,6H2. The number of rotatable bonds is 4. The van der Waals surface area contributed by atoms with E-state index in [9.17, 15) is 0 Å². The highest BCUT2D eigenvalue weighted by Crippen LogP contribution is 2.19. The maximum Gasteiger partial charge on any atom is 0.0751 e. The van der Waals surface area contributed by atoms with Crippen molar-refractivity contribution in [1.82, 2.24) is 0 Å². The molecule has 0 saturated heterocycles. The molecular formula is C16H16O. The third-order valence-electron chi connectivity index (χ3n) is 2.77. The fraction of sp³-hybridized carbons (Fsp3) is 0.125. The van der Waals surface area contributed by atoms with Crippen LogP contribution in [0.4, 0.5) is 0 Å². The molecule has 0 atom stereocenters. The van der Waals surface area contributed by atoms with Crippen molar-refractivity contribution in [2.24, 2.45) is 0 Å². The molecule has 0 unspecified atom stereocenters. The first-order valence-corrected chi connectivity index (χ1v) is 5.84. The van der Waals surface area contributed by atoms with E-state index in [1.807, 2.05) is 6.07 Å². The van der Waals surface area contributed by atoms with Crippen molar-refractivity contribution in [2.75, 3.05) is 0 Å². The third kappa shape index (κ3) is 3.22. The zero-order valence-corrected chi connectivity index (χ0v) is 9.71. The summed E-state index contributed by atoms with van der Waals surface area (Å²) in [5, 5.41) is 8.56. The second kappa shape index (κ2) is 5.90. The van der Waals surface area contributed by atoms with Crippen LogP contribution in [0.2, 0.25) is 0 Å². The molecule has 0 saturated carbocycles. The lowest BCUT2D eigenvalue weighted by Crippen LogP contribution is -1.84. The van der Waals surface area contributed by atoms with Gasteiger partial charge in [-0.2, -0.15) is 0 Å². The van der Waals surface area contributed by atoms with E-state index in [1.54, 1.807) is 6.08 Å². The Morgan fingerprint density at radius 3 is 2.12 bits per heavy atom. The zero-order valence-electron chi connectivity index (χ0n) is 9.71. The summed E-state index contributed by atoms with van der Waals surface area (Å²) in [5.74, 6) is 0. The molecule has 0 radical (unpaired) electrons. The first kappa shape index (κ1) is 11.5. The Labute approximate surface area is 102 Å². The fourth-order valence-electron chi connectivity index (χ4n) is 1.82. The minimum atomic E-state index is 0.876. The van der Waals surface area contributed by atoms with Crippen molar-refractivity contribution in [3.63, 3.8) is 0 Å². The smallest absolute Gasteiger partial charge is 0.0751 e. The molecule has 17 heavy (non-hydrogen) atoms. The average Bonchev–Trinajstić information content (AvgIpc) is 2.41. The molecule has 2 rings (SSSR count). The van der Waals surface area contributed by atoms with E-state index in [2.05, 4.69) is 48.5 Å². The lowest BCUT2D eigenvalue weighted by molar-refractivity contribution is 0.470. The van der Waals surface area contributed by atoms with E-state index in [4.69, 9.17) is 5.11 Å². The van der Waals surface area contributed by atoms with Crippen LogP contribution < -0.4 is 0 Å². The van der Waals surface area contributed by atoms with Crippen molar-refractivity contribution in [1.29, 1.82) is 0 Å². The highest BCUT2D eigenvalue weighted by Gasteiger charge is 1.96. The van der Waals surface area contributed by atoms with Crippen LogP contribution in [0.25, 0.3) is 11.1 Å². The Balaban J connectivity index is 2.08.